The molecule has 0 unspecified atom stereocenters. The molecule has 0 aliphatic rings. The molecule has 0 N–H and O–H groups in total. The molecule has 0 spiro atoms. The number of hydrogen-bond acceptors (Lipinski definition) is 2. The van der Waals surface area contributed by atoms with Crippen LogP contribution < -0.4 is 4.74 Å². The van der Waals surface area contributed by atoms with Crippen molar-refractivity contribution in [3.63, 3.8) is 0 Å². The number of nitrogens with zero attached hydrogens (tertiary/aromatic N) is 1. The van der Waals surface area contributed by atoms with E-state index in [1.807, 2.05) is 6.92 Å². The molecule has 0 aromatic heterocycles. The maximum Gasteiger partial charge on any atom is 0.260 e. The molecule has 3 nitrogen and oxygen atoms in total. The van der Waals surface area contributed by atoms with Crippen molar-refractivity contribution >= 4 is 29.1 Å². The summed E-state index contributed by atoms with van der Waals surface area (Å²) in [6, 6.07) is 4.90. The van der Waals surface area contributed by atoms with Crippen LogP contribution in [0.1, 0.15) is 13.3 Å². The standard InChI is InChI=1S/C12H15Cl2NO2/c1-3-6-15(2)12(16)8-17-11-5-4-9(13)7-10(11)14/h4-5,7H,3,6,8H2,1-2H3. The van der Waals surface area contributed by atoms with E-state index < -0.39 is 0 Å². The Balaban J connectivity index is 2.53. The van der Waals surface area contributed by atoms with Gasteiger partial charge in [0.25, 0.3) is 5.91 Å². The third-order valence-electron chi connectivity index (χ3n) is 2.23. The van der Waals surface area contributed by atoms with E-state index in [9.17, 15) is 4.79 Å². The molecule has 0 saturated carbocycles. The fourth-order valence-corrected chi connectivity index (χ4v) is 1.77. The highest BCUT2D eigenvalue weighted by Gasteiger charge is 2.10. The van der Waals surface area contributed by atoms with Crippen molar-refractivity contribution in [2.45, 2.75) is 13.3 Å². The summed E-state index contributed by atoms with van der Waals surface area (Å²) in [5, 5.41) is 0.945. The first-order chi connectivity index (χ1) is 8.04. The summed E-state index contributed by atoms with van der Waals surface area (Å²) in [4.78, 5) is 13.2. The van der Waals surface area contributed by atoms with Crippen molar-refractivity contribution in [3.05, 3.63) is 28.2 Å². The number of amides is 1. The molecule has 1 rings (SSSR count). The highest BCUT2D eigenvalue weighted by atomic mass is 35.5. The number of ether oxygens (including phenoxy) is 1. The molecule has 0 atom stereocenters. The lowest BCUT2D eigenvalue weighted by molar-refractivity contribution is -0.132. The first kappa shape index (κ1) is 14.1. The van der Waals surface area contributed by atoms with E-state index in [0.29, 0.717) is 15.8 Å². The van der Waals surface area contributed by atoms with Crippen molar-refractivity contribution in [2.24, 2.45) is 0 Å². The Morgan fingerprint density at radius 2 is 2.12 bits per heavy atom. The molecule has 0 aliphatic heterocycles. The smallest absolute Gasteiger partial charge is 0.260 e. The minimum absolute atomic E-state index is 0.0160. The summed E-state index contributed by atoms with van der Waals surface area (Å²) in [7, 11) is 1.75. The summed E-state index contributed by atoms with van der Waals surface area (Å²) >= 11 is 11.7. The second-order valence-electron chi connectivity index (χ2n) is 3.68. The van der Waals surface area contributed by atoms with Gasteiger partial charge in [-0.3, -0.25) is 4.79 Å². The van der Waals surface area contributed by atoms with Crippen LogP contribution in [0.2, 0.25) is 10.0 Å². The molecule has 0 radical (unpaired) electrons. The van der Waals surface area contributed by atoms with Crippen LogP contribution in [0.15, 0.2) is 18.2 Å². The lowest BCUT2D eigenvalue weighted by atomic mass is 10.3. The zero-order valence-corrected chi connectivity index (χ0v) is 11.4. The van der Waals surface area contributed by atoms with Gasteiger partial charge in [-0.15, -0.1) is 0 Å². The maximum absolute atomic E-state index is 11.6. The van der Waals surface area contributed by atoms with E-state index in [4.69, 9.17) is 27.9 Å². The van der Waals surface area contributed by atoms with Crippen LogP contribution in [0.4, 0.5) is 0 Å². The van der Waals surface area contributed by atoms with E-state index >= 15 is 0 Å². The summed E-state index contributed by atoms with van der Waals surface area (Å²) in [6.07, 6.45) is 0.921. The van der Waals surface area contributed by atoms with Crippen LogP contribution in [-0.4, -0.2) is 31.0 Å². The van der Waals surface area contributed by atoms with E-state index in [1.165, 1.54) is 0 Å². The fourth-order valence-electron chi connectivity index (χ4n) is 1.30. The van der Waals surface area contributed by atoms with E-state index in [0.717, 1.165) is 13.0 Å². The van der Waals surface area contributed by atoms with Crippen LogP contribution >= 0.6 is 23.2 Å². The highest BCUT2D eigenvalue weighted by molar-refractivity contribution is 6.35. The molecule has 0 saturated heterocycles. The summed E-state index contributed by atoms with van der Waals surface area (Å²) in [5.41, 5.74) is 0. The van der Waals surface area contributed by atoms with E-state index in [-0.39, 0.29) is 12.5 Å². The Morgan fingerprint density at radius 1 is 1.41 bits per heavy atom. The van der Waals surface area contributed by atoms with Crippen molar-refractivity contribution in [3.8, 4) is 5.75 Å². The number of hydrogen-bond donors (Lipinski definition) is 0. The molecule has 1 amide bonds. The second-order valence-corrected chi connectivity index (χ2v) is 4.52. The predicted molar refractivity (Wildman–Crippen MR) is 69.9 cm³/mol. The zero-order chi connectivity index (χ0) is 12.8. The molecule has 1 aromatic rings. The van der Waals surface area contributed by atoms with Crippen LogP contribution in [0.25, 0.3) is 0 Å². The van der Waals surface area contributed by atoms with Crippen LogP contribution in [-0.2, 0) is 4.79 Å². The van der Waals surface area contributed by atoms with Gasteiger partial charge in [-0.2, -0.15) is 0 Å². The molecule has 0 fully saturated rings. The van der Waals surface area contributed by atoms with Gasteiger partial charge in [-0.05, 0) is 24.6 Å². The molecule has 17 heavy (non-hydrogen) atoms. The summed E-state index contributed by atoms with van der Waals surface area (Å²) in [6.45, 7) is 2.72. The van der Waals surface area contributed by atoms with Gasteiger partial charge in [0.2, 0.25) is 0 Å². The first-order valence-corrected chi connectivity index (χ1v) is 6.12. The third-order valence-corrected chi connectivity index (χ3v) is 2.76. The maximum atomic E-state index is 11.6. The molecule has 94 valence electrons. The predicted octanol–water partition coefficient (Wildman–Crippen LogP) is 3.24. The van der Waals surface area contributed by atoms with Gasteiger partial charge in [0.15, 0.2) is 6.61 Å². The number of likely N-dealkylation sites (N-methyl/N-ethyl adjacent to an activating group) is 1. The normalized spacial score (nSPS) is 10.1. The number of carbonyl (C=O) groups excluding carboxylic acids is 1. The molecular weight excluding hydrogens is 261 g/mol. The lowest BCUT2D eigenvalue weighted by Crippen LogP contribution is -2.31. The molecule has 0 bridgehead atoms. The summed E-state index contributed by atoms with van der Waals surface area (Å²) < 4.78 is 5.34. The Kier molecular flexibility index (Phi) is 5.59. The van der Waals surface area contributed by atoms with E-state index in [1.54, 1.807) is 30.1 Å². The number of halogens is 2. The lowest BCUT2D eigenvalue weighted by Gasteiger charge is -2.16. The quantitative estimate of drug-likeness (QED) is 0.826. The molecule has 5 heteroatoms. The summed E-state index contributed by atoms with van der Waals surface area (Å²) in [5.74, 6) is 0.396. The topological polar surface area (TPSA) is 29.5 Å². The van der Waals surface area contributed by atoms with Crippen LogP contribution in [0, 0.1) is 0 Å². The highest BCUT2D eigenvalue weighted by Crippen LogP contribution is 2.27. The molecule has 1 aromatic carbocycles. The van der Waals surface area contributed by atoms with Gasteiger partial charge in [0.05, 0.1) is 5.02 Å². The van der Waals surface area contributed by atoms with Crippen LogP contribution in [0.5, 0.6) is 5.75 Å². The molecule has 0 aliphatic carbocycles. The largest absolute Gasteiger partial charge is 0.482 e. The van der Waals surface area contributed by atoms with Crippen molar-refractivity contribution < 1.29 is 9.53 Å². The Hall–Kier alpha value is -0.930. The van der Waals surface area contributed by atoms with E-state index in [2.05, 4.69) is 0 Å². The zero-order valence-electron chi connectivity index (χ0n) is 9.87. The third kappa shape index (κ3) is 4.44. The first-order valence-electron chi connectivity index (χ1n) is 5.36. The SMILES string of the molecule is CCCN(C)C(=O)COc1ccc(Cl)cc1Cl. The number of benzene rings is 1. The minimum Gasteiger partial charge on any atom is -0.482 e. The van der Waals surface area contributed by atoms with Gasteiger partial charge in [-0.1, -0.05) is 30.1 Å². The second kappa shape index (κ2) is 6.72. The van der Waals surface area contributed by atoms with Gasteiger partial charge < -0.3 is 9.64 Å². The van der Waals surface area contributed by atoms with Gasteiger partial charge in [-0.25, -0.2) is 0 Å². The number of rotatable bonds is 5. The molecular formula is C12H15Cl2NO2. The number of carbonyl (C=O) groups is 1. The average Bonchev–Trinajstić information content (AvgIpc) is 2.27. The van der Waals surface area contributed by atoms with Gasteiger partial charge in [0, 0.05) is 18.6 Å². The van der Waals surface area contributed by atoms with Crippen molar-refractivity contribution in [2.75, 3.05) is 20.2 Å². The van der Waals surface area contributed by atoms with Crippen LogP contribution in [0.3, 0.4) is 0 Å². The Morgan fingerprint density at radius 3 is 2.71 bits per heavy atom. The minimum atomic E-state index is -0.0714. The Labute approximate surface area is 111 Å². The average molecular weight is 276 g/mol. The van der Waals surface area contributed by atoms with Gasteiger partial charge in [0.1, 0.15) is 5.75 Å². The monoisotopic (exact) mass is 275 g/mol. The Bertz CT molecular complexity index is 396. The molecule has 0 heterocycles. The van der Waals surface area contributed by atoms with Crippen molar-refractivity contribution in [1.82, 2.24) is 4.90 Å². The fraction of sp³-hybridized carbons (Fsp3) is 0.417. The van der Waals surface area contributed by atoms with Crippen molar-refractivity contribution in [1.29, 1.82) is 0 Å². The van der Waals surface area contributed by atoms with Gasteiger partial charge >= 0.3 is 0 Å².